The van der Waals surface area contributed by atoms with E-state index < -0.39 is 10.0 Å². The highest BCUT2D eigenvalue weighted by atomic mass is 35.5. The molecule has 0 amide bonds. The summed E-state index contributed by atoms with van der Waals surface area (Å²) < 4.78 is 29.0. The summed E-state index contributed by atoms with van der Waals surface area (Å²) in [7, 11) is -1.95. The molecule has 1 fully saturated rings. The molecule has 0 saturated heterocycles. The SMILES string of the molecule is COc1ccc(Cl)cc1CCC1C(c2ccc(S(=O)(=O)NN)cc2)C1(C)C. The van der Waals surface area contributed by atoms with Gasteiger partial charge < -0.3 is 4.74 Å². The van der Waals surface area contributed by atoms with Crippen LogP contribution in [-0.2, 0) is 16.4 Å². The maximum Gasteiger partial charge on any atom is 0.253 e. The Morgan fingerprint density at radius 1 is 1.19 bits per heavy atom. The highest BCUT2D eigenvalue weighted by molar-refractivity contribution is 7.89. The van der Waals surface area contributed by atoms with Crippen LogP contribution < -0.4 is 15.4 Å². The van der Waals surface area contributed by atoms with Gasteiger partial charge in [-0.3, -0.25) is 5.84 Å². The van der Waals surface area contributed by atoms with E-state index >= 15 is 0 Å². The average Bonchev–Trinajstić information content (AvgIpc) is 3.20. The molecule has 146 valence electrons. The van der Waals surface area contributed by atoms with Gasteiger partial charge in [-0.1, -0.05) is 37.6 Å². The number of nitrogens with one attached hydrogen (secondary N) is 1. The molecular formula is C20H25ClN2O3S. The van der Waals surface area contributed by atoms with E-state index in [4.69, 9.17) is 22.2 Å². The van der Waals surface area contributed by atoms with Gasteiger partial charge in [0.1, 0.15) is 5.75 Å². The van der Waals surface area contributed by atoms with E-state index in [1.54, 1.807) is 19.2 Å². The van der Waals surface area contributed by atoms with E-state index in [-0.39, 0.29) is 10.3 Å². The molecule has 0 heterocycles. The van der Waals surface area contributed by atoms with Gasteiger partial charge in [-0.15, -0.1) is 0 Å². The van der Waals surface area contributed by atoms with Crippen LogP contribution in [-0.4, -0.2) is 15.5 Å². The van der Waals surface area contributed by atoms with Crippen LogP contribution in [0.2, 0.25) is 5.02 Å². The molecule has 0 bridgehead atoms. The number of sulfonamides is 1. The van der Waals surface area contributed by atoms with E-state index in [1.807, 2.05) is 35.2 Å². The van der Waals surface area contributed by atoms with Crippen molar-refractivity contribution >= 4 is 21.6 Å². The third kappa shape index (κ3) is 3.99. The lowest BCUT2D eigenvalue weighted by molar-refractivity contribution is 0.407. The van der Waals surface area contributed by atoms with E-state index in [9.17, 15) is 8.42 Å². The molecule has 2 aromatic carbocycles. The molecule has 3 N–H and O–H groups in total. The summed E-state index contributed by atoms with van der Waals surface area (Å²) in [6.07, 6.45) is 1.90. The van der Waals surface area contributed by atoms with Gasteiger partial charge in [0.05, 0.1) is 12.0 Å². The molecule has 2 aromatic rings. The van der Waals surface area contributed by atoms with Crippen molar-refractivity contribution in [2.45, 2.75) is 37.5 Å². The average molecular weight is 409 g/mol. The predicted molar refractivity (Wildman–Crippen MR) is 107 cm³/mol. The minimum absolute atomic E-state index is 0.165. The Labute approximate surface area is 165 Å². The van der Waals surface area contributed by atoms with Crippen molar-refractivity contribution < 1.29 is 13.2 Å². The summed E-state index contributed by atoms with van der Waals surface area (Å²) in [6, 6.07) is 12.7. The van der Waals surface area contributed by atoms with Crippen molar-refractivity contribution in [3.8, 4) is 5.75 Å². The zero-order valence-electron chi connectivity index (χ0n) is 15.7. The molecule has 1 aliphatic carbocycles. The molecule has 1 aliphatic rings. The van der Waals surface area contributed by atoms with Crippen LogP contribution in [0.5, 0.6) is 5.75 Å². The van der Waals surface area contributed by atoms with Crippen molar-refractivity contribution in [3.05, 3.63) is 58.6 Å². The minimum Gasteiger partial charge on any atom is -0.496 e. The monoisotopic (exact) mass is 408 g/mol. The van der Waals surface area contributed by atoms with E-state index in [0.717, 1.165) is 29.7 Å². The van der Waals surface area contributed by atoms with Gasteiger partial charge in [-0.25, -0.2) is 8.42 Å². The molecule has 3 rings (SSSR count). The number of nitrogens with two attached hydrogens (primary N) is 1. The number of methoxy groups -OCH3 is 1. The molecule has 7 heteroatoms. The van der Waals surface area contributed by atoms with Gasteiger partial charge in [-0.05, 0) is 71.6 Å². The van der Waals surface area contributed by atoms with Crippen molar-refractivity contribution in [3.63, 3.8) is 0 Å². The first-order valence-electron chi connectivity index (χ1n) is 8.85. The van der Waals surface area contributed by atoms with Crippen LogP contribution in [0.4, 0.5) is 0 Å². The normalized spacial score (nSPS) is 21.1. The van der Waals surface area contributed by atoms with Crippen molar-refractivity contribution in [1.29, 1.82) is 0 Å². The summed E-state index contributed by atoms with van der Waals surface area (Å²) >= 11 is 6.13. The number of ether oxygens (including phenoxy) is 1. The molecule has 0 spiro atoms. The van der Waals surface area contributed by atoms with Crippen LogP contribution in [0.15, 0.2) is 47.4 Å². The van der Waals surface area contributed by atoms with Crippen molar-refractivity contribution in [2.75, 3.05) is 7.11 Å². The number of aryl methyl sites for hydroxylation is 1. The topological polar surface area (TPSA) is 81.4 Å². The van der Waals surface area contributed by atoms with Crippen molar-refractivity contribution in [1.82, 2.24) is 4.83 Å². The molecule has 0 aromatic heterocycles. The second kappa shape index (κ2) is 7.43. The lowest BCUT2D eigenvalue weighted by atomic mass is 10.0. The largest absolute Gasteiger partial charge is 0.496 e. The van der Waals surface area contributed by atoms with Crippen LogP contribution in [0.1, 0.15) is 37.3 Å². The van der Waals surface area contributed by atoms with Crippen LogP contribution in [0.25, 0.3) is 0 Å². The molecule has 0 aliphatic heterocycles. The third-order valence-corrected chi connectivity index (χ3v) is 7.16. The highest BCUT2D eigenvalue weighted by Gasteiger charge is 2.57. The second-order valence-electron chi connectivity index (χ2n) is 7.59. The van der Waals surface area contributed by atoms with Gasteiger partial charge in [0.25, 0.3) is 10.0 Å². The van der Waals surface area contributed by atoms with Gasteiger partial charge in [-0.2, -0.15) is 4.83 Å². The first-order valence-corrected chi connectivity index (χ1v) is 10.7. The Kier molecular flexibility index (Phi) is 5.54. The first-order chi connectivity index (χ1) is 12.7. The fourth-order valence-electron chi connectivity index (χ4n) is 4.12. The zero-order chi connectivity index (χ0) is 19.8. The smallest absolute Gasteiger partial charge is 0.253 e. The van der Waals surface area contributed by atoms with Crippen LogP contribution in [0, 0.1) is 11.3 Å². The molecule has 0 radical (unpaired) electrons. The Morgan fingerprint density at radius 2 is 1.85 bits per heavy atom. The second-order valence-corrected chi connectivity index (χ2v) is 9.74. The van der Waals surface area contributed by atoms with E-state index in [1.165, 1.54) is 0 Å². The molecule has 27 heavy (non-hydrogen) atoms. The summed E-state index contributed by atoms with van der Waals surface area (Å²) in [5, 5.41) is 0.711. The first kappa shape index (κ1) is 20.1. The van der Waals surface area contributed by atoms with E-state index in [2.05, 4.69) is 13.8 Å². The third-order valence-electron chi connectivity index (χ3n) is 5.72. The predicted octanol–water partition coefficient (Wildman–Crippen LogP) is 3.87. The maximum absolute atomic E-state index is 11.8. The van der Waals surface area contributed by atoms with Crippen molar-refractivity contribution in [2.24, 2.45) is 17.2 Å². The Bertz CT molecular complexity index is 927. The maximum atomic E-state index is 11.8. The number of hydrogen-bond donors (Lipinski definition) is 2. The van der Waals surface area contributed by atoms with Gasteiger partial charge in [0.15, 0.2) is 0 Å². The fraction of sp³-hybridized carbons (Fsp3) is 0.400. The van der Waals surface area contributed by atoms with Gasteiger partial charge >= 0.3 is 0 Å². The number of halogens is 1. The standard InChI is InChI=1S/C20H25ClN2O3S/c1-20(2)17(10-6-14-12-15(21)7-11-18(14)26-3)19(20)13-4-8-16(9-5-13)27(24,25)23-22/h4-5,7-9,11-12,17,19,23H,6,10,22H2,1-3H3. The zero-order valence-corrected chi connectivity index (χ0v) is 17.3. The Hall–Kier alpha value is -1.60. The quantitative estimate of drug-likeness (QED) is 0.538. The highest BCUT2D eigenvalue weighted by Crippen LogP contribution is 2.66. The number of hydrazine groups is 1. The number of hydrogen-bond acceptors (Lipinski definition) is 4. The van der Waals surface area contributed by atoms with Gasteiger partial charge in [0, 0.05) is 5.02 Å². The Morgan fingerprint density at radius 3 is 2.44 bits per heavy atom. The molecule has 1 saturated carbocycles. The van der Waals surface area contributed by atoms with E-state index in [0.29, 0.717) is 16.9 Å². The van der Waals surface area contributed by atoms with Crippen LogP contribution in [0.3, 0.4) is 0 Å². The lowest BCUT2D eigenvalue weighted by Crippen LogP contribution is -2.30. The number of rotatable bonds is 7. The number of benzene rings is 2. The van der Waals surface area contributed by atoms with Gasteiger partial charge in [0.2, 0.25) is 0 Å². The molecule has 2 atom stereocenters. The van der Waals surface area contributed by atoms with Crippen LogP contribution >= 0.6 is 11.6 Å². The molecule has 5 nitrogen and oxygen atoms in total. The minimum atomic E-state index is -3.62. The lowest BCUT2D eigenvalue weighted by Gasteiger charge is -2.09. The summed E-state index contributed by atoms with van der Waals surface area (Å²) in [4.78, 5) is 2.02. The summed E-state index contributed by atoms with van der Waals surface area (Å²) in [5.74, 6) is 6.85. The Balaban J connectivity index is 1.73. The molecule has 2 unspecified atom stereocenters. The summed E-state index contributed by atoms with van der Waals surface area (Å²) in [6.45, 7) is 4.51. The summed E-state index contributed by atoms with van der Waals surface area (Å²) in [5.41, 5.74) is 2.43. The molecular weight excluding hydrogens is 384 g/mol. The fourth-order valence-corrected chi connectivity index (χ4v) is 4.95.